The Kier molecular flexibility index (Phi) is 6.40. The number of thioether (sulfide) groups is 1. The summed E-state index contributed by atoms with van der Waals surface area (Å²) in [6.07, 6.45) is 3.94. The summed E-state index contributed by atoms with van der Waals surface area (Å²) in [7, 11) is 0. The van der Waals surface area contributed by atoms with Gasteiger partial charge in [0.15, 0.2) is 5.16 Å². The third-order valence-corrected chi connectivity index (χ3v) is 6.71. The van der Waals surface area contributed by atoms with Gasteiger partial charge in [0.05, 0.1) is 27.7 Å². The molecule has 1 aliphatic heterocycles. The van der Waals surface area contributed by atoms with Crippen LogP contribution in [0.3, 0.4) is 0 Å². The number of hydrogen-bond acceptors (Lipinski definition) is 3. The first kappa shape index (κ1) is 20.6. The van der Waals surface area contributed by atoms with E-state index in [4.69, 9.17) is 34.8 Å². The van der Waals surface area contributed by atoms with Crippen LogP contribution in [0.4, 0.5) is 0 Å². The van der Waals surface area contributed by atoms with E-state index in [-0.39, 0.29) is 5.91 Å². The number of halogens is 3. The molecule has 1 saturated heterocycles. The summed E-state index contributed by atoms with van der Waals surface area (Å²) in [6, 6.07) is 13.0. The van der Waals surface area contributed by atoms with Crippen LogP contribution in [-0.4, -0.2) is 39.2 Å². The maximum atomic E-state index is 12.5. The Hall–Kier alpha value is -1.66. The molecule has 3 aromatic rings. The van der Waals surface area contributed by atoms with Crippen molar-refractivity contribution >= 4 is 52.5 Å². The normalized spacial score (nSPS) is 13.8. The quantitative estimate of drug-likeness (QED) is 0.419. The predicted octanol–water partition coefficient (Wildman–Crippen LogP) is 6.21. The molecule has 0 spiro atoms. The van der Waals surface area contributed by atoms with Gasteiger partial charge < -0.3 is 4.90 Å². The van der Waals surface area contributed by atoms with Crippen molar-refractivity contribution in [3.05, 3.63) is 63.7 Å². The highest BCUT2D eigenvalue weighted by Gasteiger charge is 2.20. The van der Waals surface area contributed by atoms with Gasteiger partial charge in [-0.25, -0.2) is 4.98 Å². The number of imidazole rings is 1. The number of nitrogens with zero attached hydrogens (tertiary/aromatic N) is 3. The highest BCUT2D eigenvalue weighted by molar-refractivity contribution is 7.99. The molecule has 0 bridgehead atoms. The Morgan fingerprint density at radius 2 is 1.83 bits per heavy atom. The molecular formula is C21H18Cl3N3OS. The number of likely N-dealkylation sites (tertiary alicyclic amines) is 1. The van der Waals surface area contributed by atoms with Gasteiger partial charge in [0.25, 0.3) is 0 Å². The molecule has 0 radical (unpaired) electrons. The fourth-order valence-corrected chi connectivity index (χ4v) is 4.72. The first-order chi connectivity index (χ1) is 14.0. The van der Waals surface area contributed by atoms with E-state index in [0.717, 1.165) is 48.0 Å². The minimum Gasteiger partial charge on any atom is -0.342 e. The zero-order valence-electron chi connectivity index (χ0n) is 15.4. The third kappa shape index (κ3) is 4.58. The molecule has 0 aliphatic carbocycles. The zero-order valence-corrected chi connectivity index (χ0v) is 18.5. The average Bonchev–Trinajstić information content (AvgIpc) is 3.38. The van der Waals surface area contributed by atoms with Crippen molar-refractivity contribution < 1.29 is 4.79 Å². The SMILES string of the molecule is O=C(CSc1ncc(-c2ccc(Cl)c(Cl)c2)n1-c1cccc(Cl)c1)N1CCCC1. The van der Waals surface area contributed by atoms with Crippen molar-refractivity contribution in [1.29, 1.82) is 0 Å². The van der Waals surface area contributed by atoms with Gasteiger partial charge in [-0.2, -0.15) is 0 Å². The summed E-state index contributed by atoms with van der Waals surface area (Å²) in [6.45, 7) is 1.69. The molecule has 4 nitrogen and oxygen atoms in total. The van der Waals surface area contributed by atoms with Gasteiger partial charge in [-0.05, 0) is 43.2 Å². The number of carbonyl (C=O) groups is 1. The molecule has 1 aromatic heterocycles. The molecule has 1 fully saturated rings. The Morgan fingerprint density at radius 1 is 1.03 bits per heavy atom. The number of benzene rings is 2. The van der Waals surface area contributed by atoms with E-state index >= 15 is 0 Å². The number of rotatable bonds is 5. The van der Waals surface area contributed by atoms with Crippen LogP contribution < -0.4 is 0 Å². The predicted molar refractivity (Wildman–Crippen MR) is 121 cm³/mol. The van der Waals surface area contributed by atoms with Gasteiger partial charge in [0, 0.05) is 29.4 Å². The van der Waals surface area contributed by atoms with Crippen molar-refractivity contribution in [2.24, 2.45) is 0 Å². The molecular weight excluding hydrogens is 449 g/mol. The van der Waals surface area contributed by atoms with Crippen molar-refractivity contribution in [1.82, 2.24) is 14.5 Å². The summed E-state index contributed by atoms with van der Waals surface area (Å²) in [5, 5.41) is 2.32. The topological polar surface area (TPSA) is 38.1 Å². The fraction of sp³-hybridized carbons (Fsp3) is 0.238. The van der Waals surface area contributed by atoms with E-state index in [1.54, 1.807) is 12.3 Å². The fourth-order valence-electron chi connectivity index (χ4n) is 3.34. The maximum Gasteiger partial charge on any atom is 0.233 e. The van der Waals surface area contributed by atoms with Crippen LogP contribution in [0.2, 0.25) is 15.1 Å². The van der Waals surface area contributed by atoms with Crippen molar-refractivity contribution in [2.45, 2.75) is 18.0 Å². The van der Waals surface area contributed by atoms with E-state index in [2.05, 4.69) is 4.98 Å². The number of amides is 1. The minimum atomic E-state index is 0.143. The number of carbonyl (C=O) groups excluding carboxylic acids is 1. The molecule has 4 rings (SSSR count). The number of hydrogen-bond donors (Lipinski definition) is 0. The first-order valence-corrected chi connectivity index (χ1v) is 11.3. The highest BCUT2D eigenvalue weighted by atomic mass is 35.5. The lowest BCUT2D eigenvalue weighted by molar-refractivity contribution is -0.127. The van der Waals surface area contributed by atoms with Gasteiger partial charge in [0.1, 0.15) is 0 Å². The van der Waals surface area contributed by atoms with Gasteiger partial charge >= 0.3 is 0 Å². The van der Waals surface area contributed by atoms with Crippen molar-refractivity contribution in [2.75, 3.05) is 18.8 Å². The standard InChI is InChI=1S/C21H18Cl3N3OS/c22-15-4-3-5-16(11-15)27-19(14-6-7-17(23)18(24)10-14)12-25-21(27)29-13-20(28)26-8-1-2-9-26/h3-7,10-12H,1-2,8-9,13H2. The Bertz CT molecular complexity index is 1050. The van der Waals surface area contributed by atoms with Crippen LogP contribution in [0.5, 0.6) is 0 Å². The molecule has 1 aliphatic rings. The molecule has 29 heavy (non-hydrogen) atoms. The lowest BCUT2D eigenvalue weighted by atomic mass is 10.1. The first-order valence-electron chi connectivity index (χ1n) is 9.22. The van der Waals surface area contributed by atoms with Gasteiger partial charge in [-0.1, -0.05) is 58.7 Å². The molecule has 0 atom stereocenters. The summed E-state index contributed by atoms with van der Waals surface area (Å²) < 4.78 is 1.99. The van der Waals surface area contributed by atoms with Crippen LogP contribution in [0.15, 0.2) is 53.8 Å². The van der Waals surface area contributed by atoms with E-state index in [0.29, 0.717) is 20.8 Å². The summed E-state index contributed by atoms with van der Waals surface area (Å²) >= 11 is 20.0. The van der Waals surface area contributed by atoms with Gasteiger partial charge in [-0.3, -0.25) is 9.36 Å². The van der Waals surface area contributed by atoms with Crippen molar-refractivity contribution in [3.8, 4) is 16.9 Å². The van der Waals surface area contributed by atoms with E-state index in [9.17, 15) is 4.79 Å². The summed E-state index contributed by atoms with van der Waals surface area (Å²) in [4.78, 5) is 19.0. The van der Waals surface area contributed by atoms with Crippen LogP contribution >= 0.6 is 46.6 Å². The Morgan fingerprint density at radius 3 is 2.55 bits per heavy atom. The van der Waals surface area contributed by atoms with Crippen LogP contribution in [-0.2, 0) is 4.79 Å². The Balaban J connectivity index is 1.70. The molecule has 1 amide bonds. The van der Waals surface area contributed by atoms with E-state index in [1.165, 1.54) is 11.8 Å². The average molecular weight is 467 g/mol. The smallest absolute Gasteiger partial charge is 0.233 e. The van der Waals surface area contributed by atoms with Gasteiger partial charge in [-0.15, -0.1) is 0 Å². The summed E-state index contributed by atoms with van der Waals surface area (Å²) in [5.41, 5.74) is 2.60. The second-order valence-electron chi connectivity index (χ2n) is 6.75. The van der Waals surface area contributed by atoms with Gasteiger partial charge in [0.2, 0.25) is 5.91 Å². The largest absolute Gasteiger partial charge is 0.342 e. The molecule has 2 heterocycles. The second kappa shape index (κ2) is 9.00. The van der Waals surface area contributed by atoms with E-state index < -0.39 is 0 Å². The zero-order chi connectivity index (χ0) is 20.4. The molecule has 0 N–H and O–H groups in total. The molecule has 0 unspecified atom stereocenters. The minimum absolute atomic E-state index is 0.143. The summed E-state index contributed by atoms with van der Waals surface area (Å²) in [5.74, 6) is 0.488. The second-order valence-corrected chi connectivity index (χ2v) is 8.94. The molecule has 150 valence electrons. The highest BCUT2D eigenvalue weighted by Crippen LogP contribution is 2.34. The van der Waals surface area contributed by atoms with Crippen LogP contribution in [0, 0.1) is 0 Å². The third-order valence-electron chi connectivity index (χ3n) is 4.79. The van der Waals surface area contributed by atoms with Crippen LogP contribution in [0.25, 0.3) is 16.9 Å². The van der Waals surface area contributed by atoms with E-state index in [1.807, 2.05) is 45.9 Å². The van der Waals surface area contributed by atoms with Crippen molar-refractivity contribution in [3.63, 3.8) is 0 Å². The van der Waals surface area contributed by atoms with Crippen LogP contribution in [0.1, 0.15) is 12.8 Å². The maximum absolute atomic E-state index is 12.5. The molecule has 8 heteroatoms. The molecule has 2 aromatic carbocycles. The lowest BCUT2D eigenvalue weighted by Crippen LogP contribution is -2.29. The lowest BCUT2D eigenvalue weighted by Gasteiger charge is -2.16. The Labute approximate surface area is 188 Å². The molecule has 0 saturated carbocycles. The monoisotopic (exact) mass is 465 g/mol. The number of aromatic nitrogens is 2.